The van der Waals surface area contributed by atoms with Crippen molar-refractivity contribution in [3.63, 3.8) is 0 Å². The van der Waals surface area contributed by atoms with E-state index in [4.69, 9.17) is 9.84 Å². The van der Waals surface area contributed by atoms with Crippen LogP contribution < -0.4 is 4.90 Å². The van der Waals surface area contributed by atoms with E-state index >= 15 is 0 Å². The van der Waals surface area contributed by atoms with E-state index in [1.165, 1.54) is 12.1 Å². The minimum Gasteiger partial charge on any atom is -0.507 e. The lowest BCUT2D eigenvalue weighted by Crippen LogP contribution is -2.47. The first-order valence-corrected chi connectivity index (χ1v) is 7.24. The number of anilines is 1. The van der Waals surface area contributed by atoms with E-state index in [2.05, 4.69) is 0 Å². The molecule has 1 aromatic rings. The molecule has 2 saturated heterocycles. The van der Waals surface area contributed by atoms with Gasteiger partial charge in [0, 0.05) is 19.2 Å². The topological polar surface area (TPSA) is 107 Å². The number of aromatic carboxylic acids is 1. The van der Waals surface area contributed by atoms with Gasteiger partial charge in [-0.2, -0.15) is 0 Å². The summed E-state index contributed by atoms with van der Waals surface area (Å²) in [5.74, 6) is -2.49. The Balaban J connectivity index is 1.85. The molecule has 2 N–H and O–H groups in total. The number of benzene rings is 1. The molecule has 23 heavy (non-hydrogen) atoms. The molecule has 1 unspecified atom stereocenters. The standard InChI is InChI=1S/C15H16N2O6/c18-12-7-9(1-2-10(12)15(21)22)17-13(19)8-11(14(17)20)16-3-5-23-6-4-16/h1-2,7,11,18H,3-6,8H2,(H,21,22). The van der Waals surface area contributed by atoms with Crippen molar-refractivity contribution in [1.82, 2.24) is 4.90 Å². The molecule has 8 nitrogen and oxygen atoms in total. The molecule has 2 heterocycles. The first-order valence-electron chi connectivity index (χ1n) is 7.24. The van der Waals surface area contributed by atoms with E-state index < -0.39 is 17.8 Å². The van der Waals surface area contributed by atoms with Gasteiger partial charge in [0.25, 0.3) is 5.91 Å². The number of carboxylic acid groups (broad SMARTS) is 1. The highest BCUT2D eigenvalue weighted by molar-refractivity contribution is 6.22. The molecule has 8 heteroatoms. The first-order chi connectivity index (χ1) is 11.0. The van der Waals surface area contributed by atoms with Gasteiger partial charge in [-0.25, -0.2) is 9.69 Å². The Morgan fingerprint density at radius 2 is 1.91 bits per heavy atom. The summed E-state index contributed by atoms with van der Waals surface area (Å²) in [4.78, 5) is 38.6. The third-order valence-corrected chi connectivity index (χ3v) is 4.08. The van der Waals surface area contributed by atoms with E-state index in [0.29, 0.717) is 26.3 Å². The molecule has 3 rings (SSSR count). The molecule has 2 fully saturated rings. The van der Waals surface area contributed by atoms with E-state index in [1.54, 1.807) is 0 Å². The summed E-state index contributed by atoms with van der Waals surface area (Å²) in [5, 5.41) is 18.7. The Morgan fingerprint density at radius 3 is 2.52 bits per heavy atom. The second-order valence-corrected chi connectivity index (χ2v) is 5.44. The lowest BCUT2D eigenvalue weighted by molar-refractivity contribution is -0.123. The number of carboxylic acids is 1. The van der Waals surface area contributed by atoms with Gasteiger partial charge in [-0.3, -0.25) is 14.5 Å². The van der Waals surface area contributed by atoms with E-state index in [9.17, 15) is 19.5 Å². The van der Waals surface area contributed by atoms with Gasteiger partial charge in [0.05, 0.1) is 31.4 Å². The van der Waals surface area contributed by atoms with Crippen LogP contribution >= 0.6 is 0 Å². The third-order valence-electron chi connectivity index (χ3n) is 4.08. The highest BCUT2D eigenvalue weighted by Crippen LogP contribution is 2.30. The van der Waals surface area contributed by atoms with Crippen LogP contribution in [0.3, 0.4) is 0 Å². The zero-order valence-corrected chi connectivity index (χ0v) is 12.3. The molecule has 122 valence electrons. The summed E-state index contributed by atoms with van der Waals surface area (Å²) in [6, 6.07) is 3.12. The van der Waals surface area contributed by atoms with Gasteiger partial charge in [0.1, 0.15) is 11.3 Å². The maximum absolute atomic E-state index is 12.6. The number of imide groups is 1. The maximum atomic E-state index is 12.6. The Bertz CT molecular complexity index is 668. The van der Waals surface area contributed by atoms with E-state index in [-0.39, 0.29) is 29.5 Å². The normalized spacial score (nSPS) is 22.6. The van der Waals surface area contributed by atoms with Gasteiger partial charge in [-0.05, 0) is 12.1 Å². The fourth-order valence-corrected chi connectivity index (χ4v) is 2.90. The van der Waals surface area contributed by atoms with Gasteiger partial charge in [0.15, 0.2) is 0 Å². The zero-order valence-electron chi connectivity index (χ0n) is 12.3. The predicted molar refractivity (Wildman–Crippen MR) is 78.4 cm³/mol. The number of hydrogen-bond acceptors (Lipinski definition) is 6. The summed E-state index contributed by atoms with van der Waals surface area (Å²) in [6.07, 6.45) is 0.0697. The fourth-order valence-electron chi connectivity index (χ4n) is 2.90. The fraction of sp³-hybridized carbons (Fsp3) is 0.400. The summed E-state index contributed by atoms with van der Waals surface area (Å²) in [7, 11) is 0. The molecule has 0 radical (unpaired) electrons. The van der Waals surface area contributed by atoms with Crippen molar-refractivity contribution < 1.29 is 29.3 Å². The Hall–Kier alpha value is -2.45. The first kappa shape index (κ1) is 15.4. The third kappa shape index (κ3) is 2.78. The van der Waals surface area contributed by atoms with E-state index in [0.717, 1.165) is 11.0 Å². The quantitative estimate of drug-likeness (QED) is 0.758. The van der Waals surface area contributed by atoms with Crippen LogP contribution in [0.5, 0.6) is 5.75 Å². The monoisotopic (exact) mass is 320 g/mol. The smallest absolute Gasteiger partial charge is 0.339 e. The van der Waals surface area contributed by atoms with Gasteiger partial charge in [-0.1, -0.05) is 0 Å². The molecular formula is C15H16N2O6. The highest BCUT2D eigenvalue weighted by atomic mass is 16.5. The summed E-state index contributed by atoms with van der Waals surface area (Å²) in [6.45, 7) is 2.21. The lowest BCUT2D eigenvalue weighted by atomic mass is 10.1. The van der Waals surface area contributed by atoms with E-state index in [1.807, 2.05) is 4.90 Å². The van der Waals surface area contributed by atoms with Crippen LogP contribution in [0.15, 0.2) is 18.2 Å². The second kappa shape index (κ2) is 5.98. The van der Waals surface area contributed by atoms with Crippen molar-refractivity contribution in [2.45, 2.75) is 12.5 Å². The van der Waals surface area contributed by atoms with Crippen LogP contribution in [0.1, 0.15) is 16.8 Å². The molecular weight excluding hydrogens is 304 g/mol. The number of ether oxygens (including phenoxy) is 1. The van der Waals surface area contributed by atoms with Crippen molar-refractivity contribution in [2.24, 2.45) is 0 Å². The number of phenols is 1. The summed E-state index contributed by atoms with van der Waals surface area (Å²) < 4.78 is 5.24. The van der Waals surface area contributed by atoms with Gasteiger partial charge in [0.2, 0.25) is 5.91 Å². The predicted octanol–water partition coefficient (Wildman–Crippen LogP) is 0.0545. The molecule has 2 aliphatic heterocycles. The SMILES string of the molecule is O=C(O)c1ccc(N2C(=O)CC(N3CCOCC3)C2=O)cc1O. The van der Waals surface area contributed by atoms with Crippen LogP contribution in [0.4, 0.5) is 5.69 Å². The van der Waals surface area contributed by atoms with Crippen LogP contribution in [0, 0.1) is 0 Å². The second-order valence-electron chi connectivity index (χ2n) is 5.44. The molecule has 0 aromatic heterocycles. The number of carbonyl (C=O) groups is 3. The Morgan fingerprint density at radius 1 is 1.22 bits per heavy atom. The van der Waals surface area contributed by atoms with Crippen LogP contribution in [0.2, 0.25) is 0 Å². The van der Waals surface area contributed by atoms with Crippen molar-refractivity contribution in [3.05, 3.63) is 23.8 Å². The molecule has 0 aliphatic carbocycles. The average molecular weight is 320 g/mol. The van der Waals surface area contributed by atoms with Gasteiger partial charge < -0.3 is 14.9 Å². The minimum absolute atomic E-state index is 0.0697. The number of amides is 2. The average Bonchev–Trinajstić information content (AvgIpc) is 2.82. The molecule has 2 aliphatic rings. The minimum atomic E-state index is -1.28. The molecule has 1 atom stereocenters. The number of carbonyl (C=O) groups excluding carboxylic acids is 2. The van der Waals surface area contributed by atoms with Gasteiger partial charge >= 0.3 is 5.97 Å². The van der Waals surface area contributed by atoms with Gasteiger partial charge in [-0.15, -0.1) is 0 Å². The zero-order chi connectivity index (χ0) is 16.6. The van der Waals surface area contributed by atoms with Crippen LogP contribution in [-0.2, 0) is 14.3 Å². The molecule has 0 spiro atoms. The maximum Gasteiger partial charge on any atom is 0.339 e. The number of morpholine rings is 1. The van der Waals surface area contributed by atoms with Crippen molar-refractivity contribution >= 4 is 23.5 Å². The number of nitrogens with zero attached hydrogens (tertiary/aromatic N) is 2. The molecule has 0 saturated carbocycles. The molecule has 2 amide bonds. The molecule has 1 aromatic carbocycles. The number of aromatic hydroxyl groups is 1. The lowest BCUT2D eigenvalue weighted by Gasteiger charge is -2.30. The largest absolute Gasteiger partial charge is 0.507 e. The summed E-state index contributed by atoms with van der Waals surface area (Å²) >= 11 is 0. The van der Waals surface area contributed by atoms with Crippen LogP contribution in [0.25, 0.3) is 0 Å². The van der Waals surface area contributed by atoms with Crippen molar-refractivity contribution in [1.29, 1.82) is 0 Å². The Kier molecular flexibility index (Phi) is 4.01. The summed E-state index contributed by atoms with van der Waals surface area (Å²) in [5.41, 5.74) is -0.101. The Labute approximate surface area is 131 Å². The van der Waals surface area contributed by atoms with Crippen molar-refractivity contribution in [2.75, 3.05) is 31.2 Å². The molecule has 0 bridgehead atoms. The van der Waals surface area contributed by atoms with Crippen LogP contribution in [-0.4, -0.2) is 65.2 Å². The number of hydrogen-bond donors (Lipinski definition) is 2. The number of rotatable bonds is 3. The highest BCUT2D eigenvalue weighted by Gasteiger charge is 2.43. The van der Waals surface area contributed by atoms with Crippen molar-refractivity contribution in [3.8, 4) is 5.75 Å².